The molecule has 0 rings (SSSR count). The number of carbonyl (C=O) groups excluding carboxylic acids is 2. The quantitative estimate of drug-likeness (QED) is 0.129. The van der Waals surface area contributed by atoms with Gasteiger partial charge < -0.3 is 12.7 Å². The van der Waals surface area contributed by atoms with Crippen LogP contribution in [-0.2, 0) is 29.2 Å². The van der Waals surface area contributed by atoms with Crippen LogP contribution in [0.2, 0.25) is 0 Å². The van der Waals surface area contributed by atoms with Gasteiger partial charge in [-0.05, 0) is 6.42 Å². The van der Waals surface area contributed by atoms with Crippen molar-refractivity contribution < 1.29 is 99.2 Å². The first-order valence-electron chi connectivity index (χ1n) is 6.61. The molecule has 0 aromatic heterocycles. The molecule has 0 aliphatic carbocycles. The molecular weight excluding hydrogens is 350 g/mol. The summed E-state index contributed by atoms with van der Waals surface area (Å²) in [5, 5.41) is 6.19. The van der Waals surface area contributed by atoms with Gasteiger partial charge >= 0.3 is 77.0 Å². The Labute approximate surface area is 183 Å². The zero-order valence-corrected chi connectivity index (χ0v) is 18.6. The molecule has 0 aliphatic heterocycles. The Morgan fingerprint density at radius 2 is 1.61 bits per heavy atom. The van der Waals surface area contributed by atoms with E-state index in [0.29, 0.717) is 6.42 Å². The number of carboxylic acid groups (broad SMARTS) is 1. The maximum absolute atomic E-state index is 11.4. The summed E-state index contributed by atoms with van der Waals surface area (Å²) < 4.78 is 34.9. The summed E-state index contributed by atoms with van der Waals surface area (Å²) >= 11 is 0. The standard InChI is InChI=1S/C12H20O8S.2Na.2H/c1-2-3-4-5-6-7-11(15)20-12(16)9(8-10(13)14)21(17,18)19;;;;/h9H,2-8H2,1H3,(H,13,14)(H,17,18,19);;;;/q;2*+1;2*-1. The molecule has 11 heteroatoms. The van der Waals surface area contributed by atoms with E-state index in [9.17, 15) is 22.8 Å². The maximum atomic E-state index is 11.4. The van der Waals surface area contributed by atoms with Crippen LogP contribution in [0.15, 0.2) is 0 Å². The fourth-order valence-corrected chi connectivity index (χ4v) is 2.22. The summed E-state index contributed by atoms with van der Waals surface area (Å²) in [6.45, 7) is 2.03. The van der Waals surface area contributed by atoms with E-state index >= 15 is 0 Å². The molecule has 1 atom stereocenters. The topological polar surface area (TPSA) is 135 Å². The molecule has 126 valence electrons. The van der Waals surface area contributed by atoms with Crippen LogP contribution in [0.1, 0.15) is 54.7 Å². The number of aliphatic carboxylic acids is 1. The summed E-state index contributed by atoms with van der Waals surface area (Å²) in [6, 6.07) is 0. The predicted octanol–water partition coefficient (Wildman–Crippen LogP) is -4.62. The van der Waals surface area contributed by atoms with E-state index in [-0.39, 0.29) is 68.4 Å². The van der Waals surface area contributed by atoms with Crippen LogP contribution < -0.4 is 59.1 Å². The van der Waals surface area contributed by atoms with E-state index in [4.69, 9.17) is 9.66 Å². The van der Waals surface area contributed by atoms with Gasteiger partial charge in [-0.3, -0.25) is 18.9 Å². The number of carbonyl (C=O) groups is 3. The van der Waals surface area contributed by atoms with Crippen molar-refractivity contribution in [2.45, 2.75) is 57.1 Å². The van der Waals surface area contributed by atoms with Crippen LogP contribution in [-0.4, -0.2) is 41.2 Å². The van der Waals surface area contributed by atoms with E-state index in [0.717, 1.165) is 25.7 Å². The van der Waals surface area contributed by atoms with Crippen LogP contribution in [0.5, 0.6) is 0 Å². The first kappa shape index (κ1) is 28.3. The zero-order valence-electron chi connectivity index (χ0n) is 15.8. The monoisotopic (exact) mass is 372 g/mol. The fourth-order valence-electron chi connectivity index (χ4n) is 1.57. The molecule has 0 saturated heterocycles. The summed E-state index contributed by atoms with van der Waals surface area (Å²) in [5.74, 6) is -4.12. The molecule has 0 aromatic carbocycles. The predicted molar refractivity (Wildman–Crippen MR) is 74.3 cm³/mol. The largest absolute Gasteiger partial charge is 1.00 e. The number of hydrogen-bond donors (Lipinski definition) is 2. The molecule has 0 spiro atoms. The Bertz CT molecular complexity index is 488. The van der Waals surface area contributed by atoms with E-state index in [1.807, 2.05) is 6.92 Å². The molecule has 2 N–H and O–H groups in total. The van der Waals surface area contributed by atoms with Crippen LogP contribution in [0.4, 0.5) is 0 Å². The van der Waals surface area contributed by atoms with Crippen molar-refractivity contribution in [3.8, 4) is 0 Å². The van der Waals surface area contributed by atoms with Gasteiger partial charge in [0.15, 0.2) is 5.25 Å². The second-order valence-electron chi connectivity index (χ2n) is 4.56. The molecule has 0 aromatic rings. The Balaban J connectivity index is -0.000000333. The van der Waals surface area contributed by atoms with Gasteiger partial charge in [0.1, 0.15) is 0 Å². The van der Waals surface area contributed by atoms with Crippen molar-refractivity contribution >= 4 is 28.0 Å². The third-order valence-electron chi connectivity index (χ3n) is 2.68. The van der Waals surface area contributed by atoms with Gasteiger partial charge in [-0.15, -0.1) is 0 Å². The Morgan fingerprint density at radius 1 is 1.09 bits per heavy atom. The number of esters is 2. The van der Waals surface area contributed by atoms with Gasteiger partial charge in [-0.25, -0.2) is 0 Å². The van der Waals surface area contributed by atoms with E-state index in [1.54, 1.807) is 0 Å². The first-order chi connectivity index (χ1) is 9.68. The second kappa shape index (κ2) is 14.8. The number of unbranched alkanes of at least 4 members (excludes halogenated alkanes) is 4. The van der Waals surface area contributed by atoms with E-state index in [2.05, 4.69) is 4.74 Å². The molecule has 1 unspecified atom stereocenters. The summed E-state index contributed by atoms with van der Waals surface area (Å²) in [5.41, 5.74) is 0. The molecule has 0 amide bonds. The molecule has 0 aliphatic rings. The Kier molecular flexibility index (Phi) is 18.3. The Morgan fingerprint density at radius 3 is 2.04 bits per heavy atom. The molecule has 0 heterocycles. The van der Waals surface area contributed by atoms with Gasteiger partial charge in [0.05, 0.1) is 6.42 Å². The average Bonchev–Trinajstić information content (AvgIpc) is 2.34. The molecule has 0 saturated carbocycles. The van der Waals surface area contributed by atoms with Crippen LogP contribution in [0.25, 0.3) is 0 Å². The third-order valence-corrected chi connectivity index (χ3v) is 3.76. The van der Waals surface area contributed by atoms with Gasteiger partial charge in [0.2, 0.25) is 0 Å². The molecule has 0 radical (unpaired) electrons. The zero-order chi connectivity index (χ0) is 16.5. The minimum absolute atomic E-state index is 0. The van der Waals surface area contributed by atoms with Crippen LogP contribution in [0.3, 0.4) is 0 Å². The van der Waals surface area contributed by atoms with Crippen molar-refractivity contribution in [2.24, 2.45) is 0 Å². The average molecular weight is 372 g/mol. The van der Waals surface area contributed by atoms with E-state index in [1.165, 1.54) is 0 Å². The van der Waals surface area contributed by atoms with Gasteiger partial charge in [-0.2, -0.15) is 8.42 Å². The molecule has 0 fully saturated rings. The van der Waals surface area contributed by atoms with Crippen molar-refractivity contribution in [3.05, 3.63) is 0 Å². The van der Waals surface area contributed by atoms with Crippen molar-refractivity contribution in [3.63, 3.8) is 0 Å². The molecule has 8 nitrogen and oxygen atoms in total. The molecule has 0 bridgehead atoms. The van der Waals surface area contributed by atoms with Crippen molar-refractivity contribution in [1.82, 2.24) is 0 Å². The first-order valence-corrected chi connectivity index (χ1v) is 8.11. The normalized spacial score (nSPS) is 11.6. The number of carboxylic acids is 1. The second-order valence-corrected chi connectivity index (χ2v) is 6.16. The summed E-state index contributed by atoms with van der Waals surface area (Å²) in [7, 11) is -4.94. The molecule has 23 heavy (non-hydrogen) atoms. The maximum Gasteiger partial charge on any atom is 1.00 e. The minimum Gasteiger partial charge on any atom is -1.00 e. The minimum atomic E-state index is -4.94. The Hall–Kier alpha value is 0.520. The number of rotatable bonds is 10. The van der Waals surface area contributed by atoms with Gasteiger partial charge in [0.25, 0.3) is 10.1 Å². The van der Waals surface area contributed by atoms with Crippen molar-refractivity contribution in [2.75, 3.05) is 0 Å². The van der Waals surface area contributed by atoms with Gasteiger partial charge in [0, 0.05) is 6.42 Å². The number of hydrogen-bond acceptors (Lipinski definition) is 6. The summed E-state index contributed by atoms with van der Waals surface area (Å²) in [6.07, 6.45) is 3.02. The summed E-state index contributed by atoms with van der Waals surface area (Å²) in [4.78, 5) is 33.2. The van der Waals surface area contributed by atoms with E-state index < -0.39 is 39.7 Å². The number of ether oxygens (including phenoxy) is 1. The van der Waals surface area contributed by atoms with Gasteiger partial charge in [-0.1, -0.05) is 32.6 Å². The van der Waals surface area contributed by atoms with Crippen LogP contribution in [0, 0.1) is 0 Å². The fraction of sp³-hybridized carbons (Fsp3) is 0.750. The smallest absolute Gasteiger partial charge is 1.00 e. The molecular formula is C12H22Na2O8S. The van der Waals surface area contributed by atoms with Crippen molar-refractivity contribution in [1.29, 1.82) is 0 Å². The third kappa shape index (κ3) is 14.6. The SMILES string of the molecule is CCCCCCCC(=O)OC(=O)C(CC(=O)O)S(=O)(=O)O.[H-].[H-].[Na+].[Na+]. The van der Waals surface area contributed by atoms with Crippen LogP contribution >= 0.6 is 0 Å².